The maximum absolute atomic E-state index is 12.0. The Morgan fingerprint density at radius 2 is 1.65 bits per heavy atom. The maximum Gasteiger partial charge on any atom is 0.142 e. The van der Waals surface area contributed by atoms with Gasteiger partial charge in [0.25, 0.3) is 0 Å². The molecule has 94 valence electrons. The van der Waals surface area contributed by atoms with Crippen LogP contribution in [0.1, 0.15) is 52.7 Å². The number of ketones is 1. The smallest absolute Gasteiger partial charge is 0.142 e. The normalized spacial score (nSPS) is 12.6. The van der Waals surface area contributed by atoms with Gasteiger partial charge in [0.05, 0.1) is 0 Å². The summed E-state index contributed by atoms with van der Waals surface area (Å²) < 4.78 is 0. The molecule has 0 aromatic heterocycles. The van der Waals surface area contributed by atoms with Crippen molar-refractivity contribution in [2.45, 2.75) is 53.4 Å². The van der Waals surface area contributed by atoms with Crippen LogP contribution in [-0.4, -0.2) is 5.78 Å². The van der Waals surface area contributed by atoms with Crippen molar-refractivity contribution in [2.75, 3.05) is 0 Å². The van der Waals surface area contributed by atoms with Gasteiger partial charge in [-0.1, -0.05) is 65.8 Å². The molecule has 1 aromatic rings. The molecular formula is C16H24O. The summed E-state index contributed by atoms with van der Waals surface area (Å²) in [6.07, 6.45) is 0.535. The predicted molar refractivity (Wildman–Crippen MR) is 73.3 cm³/mol. The first kappa shape index (κ1) is 14.0. The van der Waals surface area contributed by atoms with Gasteiger partial charge in [0.2, 0.25) is 0 Å². The summed E-state index contributed by atoms with van der Waals surface area (Å²) in [5.74, 6) is 0.295. The summed E-state index contributed by atoms with van der Waals surface area (Å²) in [7, 11) is 0. The molecule has 0 radical (unpaired) electrons. The third-order valence-electron chi connectivity index (χ3n) is 2.99. The molecule has 0 unspecified atom stereocenters. The van der Waals surface area contributed by atoms with Crippen molar-refractivity contribution < 1.29 is 4.79 Å². The lowest BCUT2D eigenvalue weighted by atomic mass is 9.83. The Hall–Kier alpha value is -1.11. The molecule has 0 saturated heterocycles. The van der Waals surface area contributed by atoms with E-state index in [0.717, 1.165) is 5.56 Å². The van der Waals surface area contributed by atoms with Crippen LogP contribution in [0.15, 0.2) is 24.3 Å². The molecule has 1 nitrogen and oxygen atoms in total. The Kier molecular flexibility index (Phi) is 3.81. The van der Waals surface area contributed by atoms with Gasteiger partial charge in [-0.05, 0) is 16.5 Å². The van der Waals surface area contributed by atoms with E-state index in [-0.39, 0.29) is 10.8 Å². The lowest BCUT2D eigenvalue weighted by Crippen LogP contribution is -2.22. The van der Waals surface area contributed by atoms with E-state index in [1.54, 1.807) is 0 Å². The molecule has 0 amide bonds. The van der Waals surface area contributed by atoms with Crippen molar-refractivity contribution in [1.82, 2.24) is 0 Å². The minimum absolute atomic E-state index is 0.140. The van der Waals surface area contributed by atoms with Crippen LogP contribution in [-0.2, 0) is 16.6 Å². The summed E-state index contributed by atoms with van der Waals surface area (Å²) >= 11 is 0. The Labute approximate surface area is 105 Å². The van der Waals surface area contributed by atoms with Crippen LogP contribution in [0.3, 0.4) is 0 Å². The Morgan fingerprint density at radius 1 is 1.06 bits per heavy atom. The zero-order chi connectivity index (χ0) is 13.3. The quantitative estimate of drug-likeness (QED) is 0.749. The lowest BCUT2D eigenvalue weighted by molar-refractivity contribution is -0.125. The van der Waals surface area contributed by atoms with E-state index in [1.165, 1.54) is 5.56 Å². The van der Waals surface area contributed by atoms with Gasteiger partial charge in [-0.25, -0.2) is 0 Å². The second-order valence-corrected chi connectivity index (χ2v) is 6.80. The molecule has 0 spiro atoms. The van der Waals surface area contributed by atoms with Gasteiger partial charge in [-0.15, -0.1) is 0 Å². The van der Waals surface area contributed by atoms with Gasteiger partial charge in [0.1, 0.15) is 5.78 Å². The van der Waals surface area contributed by atoms with Gasteiger partial charge in [-0.2, -0.15) is 0 Å². The number of hydrogen-bond acceptors (Lipinski definition) is 1. The first-order valence-electron chi connectivity index (χ1n) is 6.23. The number of Topliss-reactive ketones (excluding diaryl/α,β-unsaturated/α-hetero) is 1. The lowest BCUT2D eigenvalue weighted by Gasteiger charge is -2.21. The van der Waals surface area contributed by atoms with Gasteiger partial charge in [0, 0.05) is 11.8 Å². The zero-order valence-corrected chi connectivity index (χ0v) is 11.9. The Morgan fingerprint density at radius 3 is 2.12 bits per heavy atom. The number of carbonyl (C=O) groups excluding carboxylic acids is 1. The fourth-order valence-corrected chi connectivity index (χ4v) is 1.60. The summed E-state index contributed by atoms with van der Waals surface area (Å²) in [4.78, 5) is 12.0. The van der Waals surface area contributed by atoms with E-state index in [9.17, 15) is 4.79 Å². The standard InChI is InChI=1S/C16H24O/c1-15(2,3)13-9-7-8-12(10-13)11-14(17)16(4,5)6/h7-10H,11H2,1-6H3. The van der Waals surface area contributed by atoms with Gasteiger partial charge < -0.3 is 0 Å². The van der Waals surface area contributed by atoms with E-state index in [0.29, 0.717) is 12.2 Å². The highest BCUT2D eigenvalue weighted by Crippen LogP contribution is 2.24. The fraction of sp³-hybridized carbons (Fsp3) is 0.562. The molecule has 1 rings (SSSR count). The highest BCUT2D eigenvalue weighted by molar-refractivity contribution is 5.85. The molecule has 17 heavy (non-hydrogen) atoms. The molecule has 0 aliphatic carbocycles. The monoisotopic (exact) mass is 232 g/mol. The zero-order valence-electron chi connectivity index (χ0n) is 11.9. The van der Waals surface area contributed by atoms with Crippen molar-refractivity contribution in [3.63, 3.8) is 0 Å². The average Bonchev–Trinajstić information content (AvgIpc) is 2.15. The first-order chi connectivity index (χ1) is 7.60. The molecule has 0 atom stereocenters. The van der Waals surface area contributed by atoms with Crippen LogP contribution in [0.5, 0.6) is 0 Å². The highest BCUT2D eigenvalue weighted by Gasteiger charge is 2.21. The van der Waals surface area contributed by atoms with Crippen molar-refractivity contribution in [3.05, 3.63) is 35.4 Å². The summed E-state index contributed by atoms with van der Waals surface area (Å²) in [5, 5.41) is 0. The third kappa shape index (κ3) is 3.99. The van der Waals surface area contributed by atoms with Crippen LogP contribution >= 0.6 is 0 Å². The van der Waals surface area contributed by atoms with E-state index in [2.05, 4.69) is 32.9 Å². The van der Waals surface area contributed by atoms with Gasteiger partial charge in [-0.3, -0.25) is 4.79 Å². The van der Waals surface area contributed by atoms with Crippen molar-refractivity contribution in [3.8, 4) is 0 Å². The Balaban J connectivity index is 2.91. The maximum atomic E-state index is 12.0. The fourth-order valence-electron chi connectivity index (χ4n) is 1.60. The molecule has 0 aliphatic rings. The molecule has 0 N–H and O–H groups in total. The number of rotatable bonds is 2. The Bertz CT molecular complexity index is 402. The summed E-state index contributed by atoms with van der Waals surface area (Å²) in [5.41, 5.74) is 2.30. The van der Waals surface area contributed by atoms with Crippen LogP contribution < -0.4 is 0 Å². The molecule has 0 heterocycles. The van der Waals surface area contributed by atoms with Crippen molar-refractivity contribution >= 4 is 5.78 Å². The predicted octanol–water partition coefficient (Wildman–Crippen LogP) is 4.14. The molecule has 0 fully saturated rings. The molecular weight excluding hydrogens is 208 g/mol. The SMILES string of the molecule is CC(C)(C)C(=O)Cc1cccc(C(C)(C)C)c1. The van der Waals surface area contributed by atoms with Gasteiger partial charge >= 0.3 is 0 Å². The first-order valence-corrected chi connectivity index (χ1v) is 6.23. The molecule has 0 bridgehead atoms. The number of carbonyl (C=O) groups is 1. The summed E-state index contributed by atoms with van der Waals surface area (Å²) in [6, 6.07) is 8.37. The molecule has 0 aliphatic heterocycles. The van der Waals surface area contributed by atoms with Crippen LogP contribution in [0, 0.1) is 5.41 Å². The topological polar surface area (TPSA) is 17.1 Å². The largest absolute Gasteiger partial charge is 0.299 e. The molecule has 0 saturated carbocycles. The average molecular weight is 232 g/mol. The van der Waals surface area contributed by atoms with Crippen LogP contribution in [0.2, 0.25) is 0 Å². The van der Waals surface area contributed by atoms with E-state index < -0.39 is 0 Å². The van der Waals surface area contributed by atoms with Crippen LogP contribution in [0.25, 0.3) is 0 Å². The molecule has 1 heteroatoms. The van der Waals surface area contributed by atoms with Crippen molar-refractivity contribution in [1.29, 1.82) is 0 Å². The minimum Gasteiger partial charge on any atom is -0.299 e. The second-order valence-electron chi connectivity index (χ2n) is 6.80. The second kappa shape index (κ2) is 4.64. The third-order valence-corrected chi connectivity index (χ3v) is 2.99. The van der Waals surface area contributed by atoms with Crippen LogP contribution in [0.4, 0.5) is 0 Å². The molecule has 1 aromatic carbocycles. The number of benzene rings is 1. The van der Waals surface area contributed by atoms with E-state index in [4.69, 9.17) is 0 Å². The highest BCUT2D eigenvalue weighted by atomic mass is 16.1. The number of hydrogen-bond donors (Lipinski definition) is 0. The van der Waals surface area contributed by atoms with Crippen molar-refractivity contribution in [2.24, 2.45) is 5.41 Å². The van der Waals surface area contributed by atoms with Gasteiger partial charge in [0.15, 0.2) is 0 Å². The van der Waals surface area contributed by atoms with E-state index in [1.807, 2.05) is 32.9 Å². The minimum atomic E-state index is -0.252. The van der Waals surface area contributed by atoms with E-state index >= 15 is 0 Å². The summed E-state index contributed by atoms with van der Waals surface area (Å²) in [6.45, 7) is 12.5.